The fourth-order valence-corrected chi connectivity index (χ4v) is 6.12. The van der Waals surface area contributed by atoms with Gasteiger partial charge in [0.1, 0.15) is 17.3 Å². The molecular formula is C29H44FNO3. The van der Waals surface area contributed by atoms with Crippen molar-refractivity contribution >= 4 is 11.7 Å². The number of hydrogen-bond acceptors (Lipinski definition) is 3. The first-order valence-corrected chi connectivity index (χ1v) is 13.3. The lowest BCUT2D eigenvalue weighted by Gasteiger charge is -2.32. The molecule has 3 saturated carbocycles. The SMILES string of the molecule is COc1cc(F)cc(C(=O)NC[C@H]2C[C@@H]3CC[C@H](C2)C(CCCC(=O)CCCC(C)(C)C)C3)c1. The second-order valence-electron chi connectivity index (χ2n) is 12.0. The number of hydrogen-bond donors (Lipinski definition) is 1. The normalized spacial score (nSPS) is 24.5. The van der Waals surface area contributed by atoms with Crippen molar-refractivity contribution in [1.29, 1.82) is 0 Å². The van der Waals surface area contributed by atoms with E-state index in [0.29, 0.717) is 46.8 Å². The predicted molar refractivity (Wildman–Crippen MR) is 134 cm³/mol. The molecule has 0 aliphatic heterocycles. The van der Waals surface area contributed by atoms with Crippen LogP contribution in [-0.2, 0) is 4.79 Å². The highest BCUT2D eigenvalue weighted by atomic mass is 19.1. The lowest BCUT2D eigenvalue weighted by atomic mass is 9.73. The standard InChI is InChI=1S/C29H44FNO3/c1-29(2,3)12-6-9-26(32)8-5-7-22-14-20-10-11-23(22)15-21(13-20)19-31-28(33)24-16-25(30)18-27(17-24)34-4/h16-18,20-23H,5-15,19H2,1-4H3,(H,31,33)/t20-,21-,22?,23+/m0/s1. The van der Waals surface area contributed by atoms with Crippen molar-refractivity contribution in [3.8, 4) is 5.75 Å². The predicted octanol–water partition coefficient (Wildman–Crippen LogP) is 6.96. The highest BCUT2D eigenvalue weighted by molar-refractivity contribution is 5.94. The minimum absolute atomic E-state index is 0.240. The van der Waals surface area contributed by atoms with Gasteiger partial charge in [0.25, 0.3) is 5.91 Å². The van der Waals surface area contributed by atoms with Crippen LogP contribution in [0.1, 0.15) is 102 Å². The molecule has 1 unspecified atom stereocenters. The van der Waals surface area contributed by atoms with Gasteiger partial charge in [0, 0.05) is 31.0 Å². The van der Waals surface area contributed by atoms with Crippen LogP contribution >= 0.6 is 0 Å². The van der Waals surface area contributed by atoms with Gasteiger partial charge in [0.15, 0.2) is 0 Å². The van der Waals surface area contributed by atoms with Gasteiger partial charge in [-0.15, -0.1) is 0 Å². The van der Waals surface area contributed by atoms with Crippen LogP contribution in [-0.4, -0.2) is 25.3 Å². The molecule has 2 bridgehead atoms. The minimum Gasteiger partial charge on any atom is -0.497 e. The molecule has 5 heteroatoms. The second kappa shape index (κ2) is 12.2. The molecule has 190 valence electrons. The number of rotatable bonds is 11. The van der Waals surface area contributed by atoms with Gasteiger partial charge in [0.05, 0.1) is 7.11 Å². The summed E-state index contributed by atoms with van der Waals surface area (Å²) in [6.45, 7) is 7.34. The Bertz CT molecular complexity index is 831. The van der Waals surface area contributed by atoms with Gasteiger partial charge in [-0.05, 0) is 92.6 Å². The summed E-state index contributed by atoms with van der Waals surface area (Å²) in [6.07, 6.45) is 11.9. The van der Waals surface area contributed by atoms with E-state index in [0.717, 1.165) is 57.3 Å². The van der Waals surface area contributed by atoms with Gasteiger partial charge in [-0.1, -0.05) is 27.2 Å². The first kappa shape index (κ1) is 26.7. The number of ketones is 1. The number of ether oxygens (including phenoxy) is 1. The van der Waals surface area contributed by atoms with Crippen molar-refractivity contribution in [3.63, 3.8) is 0 Å². The monoisotopic (exact) mass is 473 g/mol. The molecule has 0 heterocycles. The van der Waals surface area contributed by atoms with Crippen LogP contribution < -0.4 is 10.1 Å². The van der Waals surface area contributed by atoms with Crippen molar-refractivity contribution in [2.24, 2.45) is 29.1 Å². The maximum atomic E-state index is 13.8. The van der Waals surface area contributed by atoms with Crippen LogP contribution in [0.25, 0.3) is 0 Å². The summed E-state index contributed by atoms with van der Waals surface area (Å²) in [7, 11) is 1.47. The van der Waals surface area contributed by atoms with E-state index in [2.05, 4.69) is 26.1 Å². The first-order valence-electron chi connectivity index (χ1n) is 13.3. The van der Waals surface area contributed by atoms with Gasteiger partial charge >= 0.3 is 0 Å². The zero-order chi connectivity index (χ0) is 24.7. The van der Waals surface area contributed by atoms with E-state index in [1.165, 1.54) is 38.5 Å². The third-order valence-corrected chi connectivity index (χ3v) is 7.88. The Morgan fingerprint density at radius 2 is 1.82 bits per heavy atom. The minimum atomic E-state index is -0.465. The van der Waals surface area contributed by atoms with E-state index in [1.807, 2.05) is 0 Å². The zero-order valence-corrected chi connectivity index (χ0v) is 21.6. The van der Waals surface area contributed by atoms with Crippen LogP contribution in [0.4, 0.5) is 4.39 Å². The molecule has 1 N–H and O–H groups in total. The quantitative estimate of drug-likeness (QED) is 0.378. The molecule has 0 saturated heterocycles. The first-order chi connectivity index (χ1) is 16.1. The maximum Gasteiger partial charge on any atom is 0.251 e. The number of nitrogens with one attached hydrogen (secondary N) is 1. The van der Waals surface area contributed by atoms with Crippen LogP contribution in [0.2, 0.25) is 0 Å². The van der Waals surface area contributed by atoms with Crippen molar-refractivity contribution in [2.45, 2.75) is 91.4 Å². The lowest BCUT2D eigenvalue weighted by molar-refractivity contribution is -0.119. The van der Waals surface area contributed by atoms with Gasteiger partial charge in [-0.3, -0.25) is 9.59 Å². The summed E-state index contributed by atoms with van der Waals surface area (Å²) in [5.74, 6) is 2.69. The average molecular weight is 474 g/mol. The molecule has 1 aromatic carbocycles. The summed E-state index contributed by atoms with van der Waals surface area (Å²) < 4.78 is 18.8. The Labute approximate surface area is 205 Å². The number of carbonyl (C=O) groups excluding carboxylic acids is 2. The topological polar surface area (TPSA) is 55.4 Å². The molecule has 3 aliphatic rings. The van der Waals surface area contributed by atoms with Crippen molar-refractivity contribution in [2.75, 3.05) is 13.7 Å². The van der Waals surface area contributed by atoms with Crippen LogP contribution in [0.15, 0.2) is 18.2 Å². The Morgan fingerprint density at radius 3 is 2.56 bits per heavy atom. The summed E-state index contributed by atoms with van der Waals surface area (Å²) >= 11 is 0. The second-order valence-corrected chi connectivity index (χ2v) is 12.0. The fraction of sp³-hybridized carbons (Fsp3) is 0.724. The molecule has 3 fully saturated rings. The van der Waals surface area contributed by atoms with Crippen LogP contribution in [0.3, 0.4) is 0 Å². The molecular weight excluding hydrogens is 429 g/mol. The largest absolute Gasteiger partial charge is 0.497 e. The number of carbonyl (C=O) groups is 2. The fourth-order valence-electron chi connectivity index (χ4n) is 6.12. The smallest absolute Gasteiger partial charge is 0.251 e. The van der Waals surface area contributed by atoms with Crippen molar-refractivity contribution in [1.82, 2.24) is 5.32 Å². The highest BCUT2D eigenvalue weighted by Crippen LogP contribution is 2.46. The Hall–Kier alpha value is -1.91. The van der Waals surface area contributed by atoms with Gasteiger partial charge in [0.2, 0.25) is 0 Å². The third kappa shape index (κ3) is 8.39. The van der Waals surface area contributed by atoms with Crippen LogP contribution in [0, 0.1) is 34.9 Å². The summed E-state index contributed by atoms with van der Waals surface area (Å²) in [5, 5.41) is 3.04. The van der Waals surface area contributed by atoms with Crippen LogP contribution in [0.5, 0.6) is 5.75 Å². The number of benzene rings is 1. The van der Waals surface area contributed by atoms with Crippen molar-refractivity contribution < 1.29 is 18.7 Å². The van der Waals surface area contributed by atoms with E-state index in [1.54, 1.807) is 6.07 Å². The Kier molecular flexibility index (Phi) is 9.56. The third-order valence-electron chi connectivity index (χ3n) is 7.88. The summed E-state index contributed by atoms with van der Waals surface area (Å²) in [5.41, 5.74) is 0.610. The maximum absolute atomic E-state index is 13.8. The van der Waals surface area contributed by atoms with Gasteiger partial charge < -0.3 is 10.1 Å². The summed E-state index contributed by atoms with van der Waals surface area (Å²) in [6, 6.07) is 4.12. The molecule has 3 aliphatic carbocycles. The van der Waals surface area contributed by atoms with Gasteiger partial charge in [-0.2, -0.15) is 0 Å². The number of Topliss-reactive ketones (excluding diaryl/α,β-unsaturated/α-hetero) is 1. The lowest BCUT2D eigenvalue weighted by Crippen LogP contribution is -2.30. The van der Waals surface area contributed by atoms with E-state index < -0.39 is 5.82 Å². The molecule has 0 spiro atoms. The van der Waals surface area contributed by atoms with E-state index in [4.69, 9.17) is 4.74 Å². The van der Waals surface area contributed by atoms with Crippen molar-refractivity contribution in [3.05, 3.63) is 29.6 Å². The average Bonchev–Trinajstić information content (AvgIpc) is 3.07. The number of amides is 1. The van der Waals surface area contributed by atoms with E-state index in [-0.39, 0.29) is 5.91 Å². The van der Waals surface area contributed by atoms with E-state index in [9.17, 15) is 14.0 Å². The molecule has 1 aromatic rings. The highest BCUT2D eigenvalue weighted by Gasteiger charge is 2.37. The number of fused-ring (bicyclic) bond motifs is 4. The molecule has 1 amide bonds. The van der Waals surface area contributed by atoms with E-state index >= 15 is 0 Å². The Balaban J connectivity index is 1.43. The molecule has 4 nitrogen and oxygen atoms in total. The zero-order valence-electron chi connectivity index (χ0n) is 21.6. The summed E-state index contributed by atoms with van der Waals surface area (Å²) in [4.78, 5) is 24.9. The molecule has 4 rings (SSSR count). The van der Waals surface area contributed by atoms with Gasteiger partial charge in [-0.25, -0.2) is 4.39 Å². The number of halogens is 1. The molecule has 4 atom stereocenters. The number of methoxy groups -OCH3 is 1. The molecule has 34 heavy (non-hydrogen) atoms. The molecule has 0 radical (unpaired) electrons. The Morgan fingerprint density at radius 1 is 1.06 bits per heavy atom. The molecule has 0 aromatic heterocycles.